The summed E-state index contributed by atoms with van der Waals surface area (Å²) in [6, 6.07) is 3.77. The lowest BCUT2D eigenvalue weighted by Gasteiger charge is -2.18. The highest BCUT2D eigenvalue weighted by Gasteiger charge is 2.23. The van der Waals surface area contributed by atoms with Gasteiger partial charge in [-0.05, 0) is 18.1 Å². The lowest BCUT2D eigenvalue weighted by Crippen LogP contribution is -2.33. The molecule has 110 valence electrons. The molecule has 0 saturated carbocycles. The van der Waals surface area contributed by atoms with E-state index in [0.717, 1.165) is 0 Å². The fourth-order valence-corrected chi connectivity index (χ4v) is 1.74. The van der Waals surface area contributed by atoms with E-state index < -0.39 is 17.9 Å². The number of rotatable bonds is 5. The van der Waals surface area contributed by atoms with Gasteiger partial charge in [-0.1, -0.05) is 25.1 Å². The van der Waals surface area contributed by atoms with Crippen molar-refractivity contribution in [3.8, 4) is 0 Å². The van der Waals surface area contributed by atoms with Gasteiger partial charge in [0.25, 0.3) is 5.91 Å². The summed E-state index contributed by atoms with van der Waals surface area (Å²) >= 11 is 0. The zero-order chi connectivity index (χ0) is 15.4. The molecular formula is C13H14N4O4. The molecule has 8 heteroatoms. The molecule has 1 atom stereocenters. The Kier molecular flexibility index (Phi) is 4.27. The van der Waals surface area contributed by atoms with E-state index in [2.05, 4.69) is 25.0 Å². The van der Waals surface area contributed by atoms with Gasteiger partial charge in [-0.3, -0.25) is 4.79 Å². The molecule has 0 aliphatic heterocycles. The minimum Gasteiger partial charge on any atom is -0.477 e. The molecule has 1 unspecified atom stereocenters. The molecule has 0 fully saturated rings. The molecule has 0 radical (unpaired) electrons. The minimum atomic E-state index is -1.19. The van der Waals surface area contributed by atoms with Gasteiger partial charge < -0.3 is 14.9 Å². The molecule has 2 N–H and O–H groups in total. The van der Waals surface area contributed by atoms with Crippen molar-refractivity contribution in [2.75, 3.05) is 0 Å². The first kappa shape index (κ1) is 14.6. The Bertz CT molecular complexity index is 639. The van der Waals surface area contributed by atoms with Crippen LogP contribution in [0.3, 0.4) is 0 Å². The van der Waals surface area contributed by atoms with Crippen LogP contribution in [0.2, 0.25) is 0 Å². The van der Waals surface area contributed by atoms with Crippen molar-refractivity contribution < 1.29 is 19.2 Å². The van der Waals surface area contributed by atoms with E-state index in [1.54, 1.807) is 0 Å². The van der Waals surface area contributed by atoms with Crippen LogP contribution in [0.5, 0.6) is 0 Å². The van der Waals surface area contributed by atoms with Crippen LogP contribution >= 0.6 is 0 Å². The van der Waals surface area contributed by atoms with Crippen LogP contribution < -0.4 is 5.32 Å². The third-order valence-corrected chi connectivity index (χ3v) is 2.81. The van der Waals surface area contributed by atoms with E-state index in [-0.39, 0.29) is 17.3 Å². The van der Waals surface area contributed by atoms with Gasteiger partial charge in [0.05, 0.1) is 6.04 Å². The average molecular weight is 290 g/mol. The van der Waals surface area contributed by atoms with E-state index in [1.165, 1.54) is 24.6 Å². The fourth-order valence-electron chi connectivity index (χ4n) is 1.74. The number of carboxylic acid groups (broad SMARTS) is 1. The van der Waals surface area contributed by atoms with Gasteiger partial charge in [0.15, 0.2) is 5.82 Å². The maximum absolute atomic E-state index is 12.2. The highest BCUT2D eigenvalue weighted by atomic mass is 16.5. The second-order valence-corrected chi connectivity index (χ2v) is 4.70. The molecule has 0 aliphatic carbocycles. The van der Waals surface area contributed by atoms with Gasteiger partial charge >= 0.3 is 5.97 Å². The molecule has 0 spiro atoms. The molecule has 2 aromatic rings. The highest BCUT2D eigenvalue weighted by molar-refractivity contribution is 5.94. The molecule has 0 aliphatic rings. The molecule has 2 rings (SSSR count). The number of hydrogen-bond acceptors (Lipinski definition) is 6. The number of amides is 1. The Hall–Kier alpha value is -2.77. The Morgan fingerprint density at radius 3 is 2.57 bits per heavy atom. The standard InChI is InChI=1S/C13H14N4O4/c1-7(2)10(11-14-6-21-17-11)16-12(18)8-4-3-5-9(15-8)13(19)20/h3-7,10H,1-2H3,(H,16,18)(H,19,20). The third-order valence-electron chi connectivity index (χ3n) is 2.81. The van der Waals surface area contributed by atoms with Crippen molar-refractivity contribution in [1.29, 1.82) is 0 Å². The van der Waals surface area contributed by atoms with Crippen molar-refractivity contribution in [2.24, 2.45) is 5.92 Å². The Morgan fingerprint density at radius 1 is 1.29 bits per heavy atom. The van der Waals surface area contributed by atoms with Crippen LogP contribution in [0, 0.1) is 5.92 Å². The first-order valence-corrected chi connectivity index (χ1v) is 6.26. The summed E-state index contributed by atoms with van der Waals surface area (Å²) in [7, 11) is 0. The predicted molar refractivity (Wildman–Crippen MR) is 70.5 cm³/mol. The van der Waals surface area contributed by atoms with Crippen LogP contribution in [0.4, 0.5) is 0 Å². The lowest BCUT2D eigenvalue weighted by atomic mass is 10.0. The summed E-state index contributed by atoms with van der Waals surface area (Å²) in [6.45, 7) is 3.78. The molecular weight excluding hydrogens is 276 g/mol. The van der Waals surface area contributed by atoms with E-state index in [9.17, 15) is 9.59 Å². The minimum absolute atomic E-state index is 0.0176. The fraction of sp³-hybridized carbons (Fsp3) is 0.308. The number of carbonyl (C=O) groups is 2. The summed E-state index contributed by atoms with van der Waals surface area (Å²) in [6.07, 6.45) is 1.18. The van der Waals surface area contributed by atoms with E-state index in [0.29, 0.717) is 5.82 Å². The number of hydrogen-bond donors (Lipinski definition) is 2. The van der Waals surface area contributed by atoms with E-state index >= 15 is 0 Å². The van der Waals surface area contributed by atoms with E-state index in [1.807, 2.05) is 13.8 Å². The zero-order valence-electron chi connectivity index (χ0n) is 11.5. The first-order valence-electron chi connectivity index (χ1n) is 6.26. The van der Waals surface area contributed by atoms with Gasteiger partial charge in [-0.25, -0.2) is 9.78 Å². The number of aromatic nitrogens is 3. The molecule has 8 nitrogen and oxygen atoms in total. The number of carboxylic acids is 1. The SMILES string of the molecule is CC(C)C(NC(=O)c1cccc(C(=O)O)n1)c1ncon1. The number of carbonyl (C=O) groups excluding carboxylic acids is 1. The highest BCUT2D eigenvalue weighted by Crippen LogP contribution is 2.18. The molecule has 0 bridgehead atoms. The summed E-state index contributed by atoms with van der Waals surface area (Å²) in [5.74, 6) is -1.31. The molecule has 2 aromatic heterocycles. The summed E-state index contributed by atoms with van der Waals surface area (Å²) in [5.41, 5.74) is -0.174. The van der Waals surface area contributed by atoms with Crippen LogP contribution in [0.25, 0.3) is 0 Å². The van der Waals surface area contributed by atoms with Gasteiger partial charge in [0.2, 0.25) is 6.39 Å². The van der Waals surface area contributed by atoms with Crippen LogP contribution in [0.15, 0.2) is 29.1 Å². The van der Waals surface area contributed by atoms with Gasteiger partial charge in [-0.2, -0.15) is 4.98 Å². The molecule has 0 aromatic carbocycles. The maximum atomic E-state index is 12.2. The monoisotopic (exact) mass is 290 g/mol. The summed E-state index contributed by atoms with van der Waals surface area (Å²) < 4.78 is 4.68. The maximum Gasteiger partial charge on any atom is 0.354 e. The van der Waals surface area contributed by atoms with E-state index in [4.69, 9.17) is 5.11 Å². The van der Waals surface area contributed by atoms with Crippen LogP contribution in [-0.2, 0) is 0 Å². The van der Waals surface area contributed by atoms with Gasteiger partial charge in [0, 0.05) is 0 Å². The van der Waals surface area contributed by atoms with Gasteiger partial charge in [0.1, 0.15) is 11.4 Å². The molecule has 1 amide bonds. The average Bonchev–Trinajstić information content (AvgIpc) is 2.98. The first-order chi connectivity index (χ1) is 9.99. The zero-order valence-corrected chi connectivity index (χ0v) is 11.5. The Labute approximate surface area is 120 Å². The predicted octanol–water partition coefficient (Wildman–Crippen LogP) is 1.29. The van der Waals surface area contributed by atoms with Crippen molar-refractivity contribution in [2.45, 2.75) is 19.9 Å². The van der Waals surface area contributed by atoms with Crippen LogP contribution in [0.1, 0.15) is 46.7 Å². The summed E-state index contributed by atoms with van der Waals surface area (Å²) in [4.78, 5) is 30.8. The molecule has 21 heavy (non-hydrogen) atoms. The van der Waals surface area contributed by atoms with Crippen LogP contribution in [-0.4, -0.2) is 32.1 Å². The number of nitrogens with zero attached hydrogens (tertiary/aromatic N) is 3. The quantitative estimate of drug-likeness (QED) is 0.851. The second kappa shape index (κ2) is 6.12. The lowest BCUT2D eigenvalue weighted by molar-refractivity contribution is 0.0690. The largest absolute Gasteiger partial charge is 0.477 e. The normalized spacial score (nSPS) is 12.1. The smallest absolute Gasteiger partial charge is 0.354 e. The number of nitrogens with one attached hydrogen (secondary N) is 1. The number of aromatic carboxylic acids is 1. The van der Waals surface area contributed by atoms with Crippen molar-refractivity contribution in [3.63, 3.8) is 0 Å². The molecule has 0 saturated heterocycles. The van der Waals surface area contributed by atoms with Crippen molar-refractivity contribution in [1.82, 2.24) is 20.4 Å². The van der Waals surface area contributed by atoms with Crippen molar-refractivity contribution >= 4 is 11.9 Å². The van der Waals surface area contributed by atoms with Crippen molar-refractivity contribution in [3.05, 3.63) is 41.8 Å². The topological polar surface area (TPSA) is 118 Å². The third kappa shape index (κ3) is 3.41. The Morgan fingerprint density at radius 2 is 2.00 bits per heavy atom. The number of pyridine rings is 1. The Balaban J connectivity index is 2.20. The second-order valence-electron chi connectivity index (χ2n) is 4.70. The van der Waals surface area contributed by atoms with Gasteiger partial charge in [-0.15, -0.1) is 0 Å². The summed E-state index contributed by atoms with van der Waals surface area (Å²) in [5, 5.41) is 15.3. The molecule has 2 heterocycles.